The van der Waals surface area contributed by atoms with E-state index in [1.54, 1.807) is 23.2 Å². The van der Waals surface area contributed by atoms with Gasteiger partial charge in [-0.3, -0.25) is 19.0 Å². The van der Waals surface area contributed by atoms with Gasteiger partial charge in [-0.2, -0.15) is 5.10 Å². The Balaban J connectivity index is 1.02. The lowest BCUT2D eigenvalue weighted by molar-refractivity contribution is -0.120. The van der Waals surface area contributed by atoms with E-state index in [0.29, 0.717) is 65.4 Å². The van der Waals surface area contributed by atoms with E-state index in [-0.39, 0.29) is 35.0 Å². The van der Waals surface area contributed by atoms with E-state index >= 15 is 0 Å². The SMILES string of the molecule is COc1nc(-c2cccc(-c3cccc(-c4cc5c(=O)n(C)c(CN[C@H]6C[C@]7(CCC(=O)N7)C6)nn5c4)c3Cl)c2Cl)ccc1CNC[C@@H]1CCC(=O)N1. The van der Waals surface area contributed by atoms with Crippen molar-refractivity contribution in [2.45, 2.75) is 69.2 Å². The first kappa shape index (κ1) is 35.3. The lowest BCUT2D eigenvalue weighted by Gasteiger charge is -2.45. The van der Waals surface area contributed by atoms with Gasteiger partial charge in [0.25, 0.3) is 5.56 Å². The van der Waals surface area contributed by atoms with Crippen molar-refractivity contribution in [1.82, 2.24) is 40.4 Å². The molecule has 2 aromatic carbocycles. The number of rotatable bonds is 11. The quantitative estimate of drug-likeness (QED) is 0.147. The monoisotopic (exact) mass is 754 g/mol. The van der Waals surface area contributed by atoms with E-state index < -0.39 is 0 Å². The Morgan fingerprint density at radius 3 is 2.38 bits per heavy atom. The lowest BCUT2D eigenvalue weighted by atomic mass is 9.72. The maximum Gasteiger partial charge on any atom is 0.277 e. The molecule has 3 fully saturated rings. The minimum absolute atomic E-state index is 0.0711. The van der Waals surface area contributed by atoms with Gasteiger partial charge in [-0.1, -0.05) is 65.7 Å². The summed E-state index contributed by atoms with van der Waals surface area (Å²) in [4.78, 5) is 41.5. The fourth-order valence-electron chi connectivity index (χ4n) is 7.86. The molecule has 8 rings (SSSR count). The van der Waals surface area contributed by atoms with Crippen LogP contribution in [-0.2, 0) is 29.7 Å². The number of carbonyl (C=O) groups is 2. The van der Waals surface area contributed by atoms with E-state index in [1.165, 1.54) is 0 Å². The van der Waals surface area contributed by atoms with Gasteiger partial charge in [-0.05, 0) is 37.8 Å². The third-order valence-electron chi connectivity index (χ3n) is 10.8. The number of nitrogens with zero attached hydrogens (tertiary/aromatic N) is 4. The molecule has 0 bridgehead atoms. The van der Waals surface area contributed by atoms with Crippen molar-refractivity contribution in [3.05, 3.63) is 92.6 Å². The first-order valence-corrected chi connectivity index (χ1v) is 18.6. The van der Waals surface area contributed by atoms with Gasteiger partial charge in [0.05, 0.1) is 29.4 Å². The molecule has 274 valence electrons. The van der Waals surface area contributed by atoms with Crippen molar-refractivity contribution in [3.8, 4) is 39.4 Å². The van der Waals surface area contributed by atoms with Crippen LogP contribution >= 0.6 is 23.2 Å². The number of hydrogen-bond acceptors (Lipinski definition) is 8. The number of nitrogens with one attached hydrogen (secondary N) is 4. The summed E-state index contributed by atoms with van der Waals surface area (Å²) in [6, 6.07) is 17.6. The van der Waals surface area contributed by atoms with Crippen molar-refractivity contribution in [2.75, 3.05) is 13.7 Å². The molecule has 2 saturated heterocycles. The smallest absolute Gasteiger partial charge is 0.277 e. The third-order valence-corrected chi connectivity index (χ3v) is 11.6. The van der Waals surface area contributed by atoms with Crippen LogP contribution in [0.1, 0.15) is 49.9 Å². The fourth-order valence-corrected chi connectivity index (χ4v) is 8.52. The average Bonchev–Trinajstić information content (AvgIpc) is 3.87. The Labute approximate surface area is 316 Å². The maximum absolute atomic E-state index is 13.5. The molecule has 12 nitrogen and oxygen atoms in total. The molecule has 3 aromatic heterocycles. The Hall–Kier alpha value is -4.75. The second-order valence-electron chi connectivity index (χ2n) is 14.3. The van der Waals surface area contributed by atoms with Crippen LogP contribution in [0.15, 0.2) is 65.6 Å². The van der Waals surface area contributed by atoms with Crippen LogP contribution in [0.4, 0.5) is 0 Å². The average molecular weight is 756 g/mol. The van der Waals surface area contributed by atoms with Crippen molar-refractivity contribution in [3.63, 3.8) is 0 Å². The van der Waals surface area contributed by atoms with E-state index in [9.17, 15) is 14.4 Å². The van der Waals surface area contributed by atoms with Gasteiger partial charge in [0.15, 0.2) is 0 Å². The van der Waals surface area contributed by atoms with E-state index in [4.69, 9.17) is 38.0 Å². The molecule has 1 atom stereocenters. The number of amides is 2. The van der Waals surface area contributed by atoms with Gasteiger partial charge in [-0.25, -0.2) is 9.50 Å². The minimum atomic E-state index is -0.161. The van der Waals surface area contributed by atoms with Crippen molar-refractivity contribution in [1.29, 1.82) is 0 Å². The molecule has 2 amide bonds. The number of halogens is 2. The van der Waals surface area contributed by atoms with Gasteiger partial charge < -0.3 is 26.0 Å². The number of hydrogen-bond donors (Lipinski definition) is 4. The summed E-state index contributed by atoms with van der Waals surface area (Å²) in [7, 11) is 3.32. The molecular formula is C39H40Cl2N8O4. The number of ether oxygens (including phenoxy) is 1. The summed E-state index contributed by atoms with van der Waals surface area (Å²) in [5.74, 6) is 1.32. The molecule has 14 heteroatoms. The van der Waals surface area contributed by atoms with Crippen molar-refractivity contribution < 1.29 is 14.3 Å². The molecule has 53 heavy (non-hydrogen) atoms. The minimum Gasteiger partial charge on any atom is -0.481 e. The maximum atomic E-state index is 13.5. The highest BCUT2D eigenvalue weighted by Gasteiger charge is 2.48. The molecule has 1 saturated carbocycles. The number of methoxy groups -OCH3 is 1. The van der Waals surface area contributed by atoms with Gasteiger partial charge in [0.2, 0.25) is 17.7 Å². The Kier molecular flexibility index (Phi) is 9.48. The summed E-state index contributed by atoms with van der Waals surface area (Å²) in [6.45, 7) is 1.63. The number of pyridine rings is 1. The van der Waals surface area contributed by atoms with E-state index in [0.717, 1.165) is 59.1 Å². The number of benzene rings is 2. The van der Waals surface area contributed by atoms with E-state index in [1.807, 2.05) is 60.8 Å². The predicted octanol–water partition coefficient (Wildman–Crippen LogP) is 5.01. The molecule has 1 aliphatic carbocycles. The summed E-state index contributed by atoms with van der Waals surface area (Å²) in [6.07, 6.45) is 6.44. The van der Waals surface area contributed by atoms with Crippen LogP contribution in [0.25, 0.3) is 39.0 Å². The molecule has 3 aliphatic rings. The summed E-state index contributed by atoms with van der Waals surface area (Å²) >= 11 is 14.3. The highest BCUT2D eigenvalue weighted by Crippen LogP contribution is 2.43. The zero-order chi connectivity index (χ0) is 36.9. The van der Waals surface area contributed by atoms with Gasteiger partial charge >= 0.3 is 0 Å². The van der Waals surface area contributed by atoms with Crippen LogP contribution in [-0.4, -0.2) is 62.3 Å². The zero-order valence-corrected chi connectivity index (χ0v) is 31.0. The van der Waals surface area contributed by atoms with Gasteiger partial charge in [0, 0.05) is 90.2 Å². The Bertz CT molecular complexity index is 2320. The lowest BCUT2D eigenvalue weighted by Crippen LogP contribution is -2.59. The molecule has 5 heterocycles. The summed E-state index contributed by atoms with van der Waals surface area (Å²) in [5, 5.41) is 18.8. The van der Waals surface area contributed by atoms with Gasteiger partial charge in [-0.15, -0.1) is 0 Å². The number of fused-ring (bicyclic) bond motifs is 1. The normalized spacial score (nSPS) is 20.9. The molecule has 5 aromatic rings. The fraction of sp³-hybridized carbons (Fsp3) is 0.359. The molecule has 2 aliphatic heterocycles. The molecular weight excluding hydrogens is 715 g/mol. The summed E-state index contributed by atoms with van der Waals surface area (Å²) in [5.41, 5.74) is 5.45. The topological polar surface area (TPSA) is 144 Å². The first-order chi connectivity index (χ1) is 25.6. The highest BCUT2D eigenvalue weighted by molar-refractivity contribution is 6.39. The number of carbonyl (C=O) groups excluding carboxylic acids is 2. The molecule has 4 N–H and O–H groups in total. The Morgan fingerprint density at radius 1 is 0.943 bits per heavy atom. The van der Waals surface area contributed by atoms with Crippen LogP contribution < -0.4 is 31.6 Å². The van der Waals surface area contributed by atoms with Crippen LogP contribution in [0.3, 0.4) is 0 Å². The molecule has 0 radical (unpaired) electrons. The predicted molar refractivity (Wildman–Crippen MR) is 204 cm³/mol. The van der Waals surface area contributed by atoms with Crippen molar-refractivity contribution in [2.24, 2.45) is 7.05 Å². The summed E-state index contributed by atoms with van der Waals surface area (Å²) < 4.78 is 8.85. The molecule has 0 unspecified atom stereocenters. The number of aromatic nitrogens is 4. The second kappa shape index (κ2) is 14.2. The Morgan fingerprint density at radius 2 is 1.68 bits per heavy atom. The van der Waals surface area contributed by atoms with Crippen LogP contribution in [0.5, 0.6) is 5.88 Å². The first-order valence-electron chi connectivity index (χ1n) is 17.9. The highest BCUT2D eigenvalue weighted by atomic mass is 35.5. The van der Waals surface area contributed by atoms with Crippen molar-refractivity contribution >= 4 is 40.5 Å². The standard InChI is InChI=1S/C39H40Cl2N8O4/c1-48-32(20-43-25-16-39(17-25)14-13-34(51)46-39)47-49-21-23(15-31(49)38(48)52)26-5-3-6-27(35(26)40)28-7-4-8-29(36(28)41)30-11-9-22(37(45-30)53-2)18-42-19-24-10-12-33(50)44-24/h3-9,11,15,21,24-25,42-43H,10,12-14,16-20H2,1-2H3,(H,44,50)(H,46,51)/t24-,25-,39+/m0/s1. The second-order valence-corrected chi connectivity index (χ2v) is 15.0. The van der Waals surface area contributed by atoms with Crippen LogP contribution in [0.2, 0.25) is 10.0 Å². The van der Waals surface area contributed by atoms with E-state index in [2.05, 4.69) is 21.3 Å². The largest absolute Gasteiger partial charge is 0.481 e. The van der Waals surface area contributed by atoms with Crippen LogP contribution in [0, 0.1) is 0 Å². The third kappa shape index (κ3) is 6.80. The zero-order valence-electron chi connectivity index (χ0n) is 29.5. The molecule has 1 spiro atoms. The van der Waals surface area contributed by atoms with Gasteiger partial charge in [0.1, 0.15) is 11.3 Å².